The molecule has 0 aromatic rings. The number of rotatable bonds is 1. The predicted molar refractivity (Wildman–Crippen MR) is 32.3 cm³/mol. The van der Waals surface area contributed by atoms with Gasteiger partial charge in [-0.05, 0) is 0 Å². The Labute approximate surface area is 63.1 Å². The lowest BCUT2D eigenvalue weighted by atomic mass is 10.2. The third-order valence-corrected chi connectivity index (χ3v) is 0.714. The zero-order valence-electron chi connectivity index (χ0n) is 11.4. The Balaban J connectivity index is 3.23. The molecule has 0 aliphatic carbocycles. The topological polar surface area (TPSA) is 61.4 Å². The highest BCUT2D eigenvalue weighted by Crippen LogP contribution is 1.84. The van der Waals surface area contributed by atoms with E-state index in [2.05, 4.69) is 0 Å². The molecule has 0 amide bonds. The summed E-state index contributed by atoms with van der Waals surface area (Å²) in [4.78, 5) is 10.8. The van der Waals surface area contributed by atoms with Crippen LogP contribution in [-0.4, -0.2) is 36.6 Å². The number of carboxylic acid groups (broad SMARTS) is 1. The molecule has 0 bridgehead atoms. The van der Waals surface area contributed by atoms with Crippen molar-refractivity contribution in [3.05, 3.63) is 0 Å². The fourth-order valence-electron chi connectivity index (χ4n) is 0.357. The van der Waals surface area contributed by atoms with Gasteiger partial charge in [0.15, 0.2) is 0 Å². The quantitative estimate of drug-likeness (QED) is 0.417. The molecule has 1 unspecified atom stereocenters. The zero-order chi connectivity index (χ0) is 13.0. The van der Waals surface area contributed by atoms with E-state index in [0.29, 0.717) is 0 Å². The summed E-state index contributed by atoms with van der Waals surface area (Å²) in [6, 6.07) is -3.01. The average molecular weight is 137 g/mol. The van der Waals surface area contributed by atoms with Crippen molar-refractivity contribution in [1.82, 2.24) is 10.6 Å². The van der Waals surface area contributed by atoms with E-state index >= 15 is 0 Å². The highest BCUT2D eigenvalue weighted by atomic mass is 16.4. The minimum absolute atomic E-state index is 1.54. The summed E-state index contributed by atoms with van der Waals surface area (Å²) in [7, 11) is 0. The van der Waals surface area contributed by atoms with Crippen LogP contribution in [0.3, 0.4) is 0 Å². The van der Waals surface area contributed by atoms with Crippen LogP contribution < -0.4 is 10.6 Å². The van der Waals surface area contributed by atoms with E-state index in [1.54, 1.807) is 5.32 Å². The summed E-state index contributed by atoms with van der Waals surface area (Å²) in [6.45, 7) is -8.69. The van der Waals surface area contributed by atoms with Gasteiger partial charge in [-0.1, -0.05) is 0 Å². The molecule has 4 nitrogen and oxygen atoms in total. The van der Waals surface area contributed by atoms with E-state index in [4.69, 9.17) is 14.7 Å². The molecule has 0 aromatic heterocycles. The number of carbonyl (C=O) groups is 1. The standard InChI is InChI=1S/C5H10N2O2/c8-5(9)4-3-6-1-2-7-4/h4,6-7H,1-3H2,(H,8,9)/i1D2,2D2,3D2,4D. The van der Waals surface area contributed by atoms with Crippen LogP contribution in [0.2, 0.25) is 0 Å². The normalized spacial score (nSPS) is 64.2. The first-order valence-corrected chi connectivity index (χ1v) is 2.18. The van der Waals surface area contributed by atoms with Crippen molar-refractivity contribution in [2.75, 3.05) is 19.5 Å². The molecular formula is C5H10N2O2. The maximum Gasteiger partial charge on any atom is 0.322 e. The van der Waals surface area contributed by atoms with E-state index in [9.17, 15) is 4.79 Å². The highest BCUT2D eigenvalue weighted by molar-refractivity contribution is 5.73. The molecule has 4 heteroatoms. The van der Waals surface area contributed by atoms with Crippen LogP contribution in [0.25, 0.3) is 0 Å². The summed E-state index contributed by atoms with van der Waals surface area (Å²) in [5.41, 5.74) is 0. The minimum atomic E-state index is -3.01. The van der Waals surface area contributed by atoms with Crippen LogP contribution in [0, 0.1) is 0 Å². The highest BCUT2D eigenvalue weighted by Gasteiger charge is 2.18. The SMILES string of the molecule is [2H]C1([2H])NC([2H])([2H])C([2H])(C(=O)O)NC1([2H])[2H]. The Morgan fingerprint density at radius 3 is 3.33 bits per heavy atom. The van der Waals surface area contributed by atoms with E-state index in [-0.39, 0.29) is 0 Å². The van der Waals surface area contributed by atoms with Gasteiger partial charge in [0.05, 0.1) is 1.37 Å². The molecule has 0 saturated carbocycles. The first kappa shape index (κ1) is 1.93. The van der Waals surface area contributed by atoms with Gasteiger partial charge in [0.25, 0.3) is 0 Å². The first-order valence-electron chi connectivity index (χ1n) is 5.68. The van der Waals surface area contributed by atoms with Crippen LogP contribution >= 0.6 is 0 Å². The summed E-state index contributed by atoms with van der Waals surface area (Å²) >= 11 is 0. The van der Waals surface area contributed by atoms with E-state index < -0.39 is 31.5 Å². The van der Waals surface area contributed by atoms with Gasteiger partial charge in [-0.25, -0.2) is 0 Å². The Bertz CT molecular complexity index is 333. The molecule has 52 valence electrons. The number of hydrogen-bond acceptors (Lipinski definition) is 3. The molecule has 1 aliphatic heterocycles. The van der Waals surface area contributed by atoms with Gasteiger partial charge in [-0.2, -0.15) is 0 Å². The van der Waals surface area contributed by atoms with Crippen LogP contribution in [0.1, 0.15) is 9.60 Å². The largest absolute Gasteiger partial charge is 0.480 e. The van der Waals surface area contributed by atoms with E-state index in [1.807, 2.05) is 0 Å². The fraction of sp³-hybridized carbons (Fsp3) is 0.800. The Morgan fingerprint density at radius 2 is 2.67 bits per heavy atom. The maximum atomic E-state index is 10.8. The predicted octanol–water partition coefficient (Wildman–Crippen LogP) is -1.37. The molecule has 1 heterocycles. The van der Waals surface area contributed by atoms with Gasteiger partial charge >= 0.3 is 5.97 Å². The number of piperazine rings is 1. The maximum absolute atomic E-state index is 10.8. The van der Waals surface area contributed by atoms with Crippen molar-refractivity contribution >= 4 is 5.97 Å². The molecule has 0 radical (unpaired) electrons. The lowest BCUT2D eigenvalue weighted by Crippen LogP contribution is -2.52. The molecule has 9 heavy (non-hydrogen) atoms. The van der Waals surface area contributed by atoms with Gasteiger partial charge in [-0.15, -0.1) is 0 Å². The van der Waals surface area contributed by atoms with Gasteiger partial charge in [0, 0.05) is 27.7 Å². The molecule has 1 fully saturated rings. The zero-order valence-corrected chi connectivity index (χ0v) is 4.36. The van der Waals surface area contributed by atoms with Crippen molar-refractivity contribution in [2.24, 2.45) is 0 Å². The van der Waals surface area contributed by atoms with Gasteiger partial charge < -0.3 is 15.7 Å². The van der Waals surface area contributed by atoms with E-state index in [0.717, 1.165) is 0 Å². The molecule has 0 spiro atoms. The minimum Gasteiger partial charge on any atom is -0.480 e. The third kappa shape index (κ3) is 1.65. The molecule has 1 saturated heterocycles. The van der Waals surface area contributed by atoms with Crippen molar-refractivity contribution in [1.29, 1.82) is 0 Å². The molecule has 0 aromatic carbocycles. The molecule has 1 aliphatic rings. The number of aliphatic carboxylic acids is 1. The summed E-state index contributed by atoms with van der Waals surface area (Å²) in [5, 5.41) is 11.8. The van der Waals surface area contributed by atoms with Crippen molar-refractivity contribution in [3.63, 3.8) is 0 Å². The second-order valence-corrected chi connectivity index (χ2v) is 1.31. The summed E-state index contributed by atoms with van der Waals surface area (Å²) in [6.07, 6.45) is 0. The number of nitrogens with one attached hydrogen (secondary N) is 2. The van der Waals surface area contributed by atoms with Crippen LogP contribution in [0.15, 0.2) is 0 Å². The number of carboxylic acids is 1. The van der Waals surface area contributed by atoms with Crippen molar-refractivity contribution < 1.29 is 19.5 Å². The Morgan fingerprint density at radius 1 is 1.89 bits per heavy atom. The van der Waals surface area contributed by atoms with E-state index in [1.165, 1.54) is 5.32 Å². The Hall–Kier alpha value is -0.610. The average Bonchev–Trinajstić information content (AvgIpc) is 1.97. The van der Waals surface area contributed by atoms with Crippen LogP contribution in [0.4, 0.5) is 0 Å². The van der Waals surface area contributed by atoms with Gasteiger partial charge in [0.1, 0.15) is 6.02 Å². The van der Waals surface area contributed by atoms with Crippen LogP contribution in [-0.2, 0) is 4.79 Å². The van der Waals surface area contributed by atoms with Gasteiger partial charge in [0.2, 0.25) is 0 Å². The van der Waals surface area contributed by atoms with Crippen LogP contribution in [0.5, 0.6) is 0 Å². The van der Waals surface area contributed by atoms with Crippen molar-refractivity contribution in [2.45, 2.75) is 6.02 Å². The summed E-state index contributed by atoms with van der Waals surface area (Å²) in [5.74, 6) is -1.94. The van der Waals surface area contributed by atoms with Gasteiger partial charge in [-0.3, -0.25) is 4.79 Å². The third-order valence-electron chi connectivity index (χ3n) is 0.714. The summed E-state index contributed by atoms with van der Waals surface area (Å²) < 4.78 is 50.7. The molecule has 1 atom stereocenters. The monoisotopic (exact) mass is 137 g/mol. The molecule has 1 rings (SSSR count). The fourth-order valence-corrected chi connectivity index (χ4v) is 0.357. The molecule has 3 N–H and O–H groups in total. The lowest BCUT2D eigenvalue weighted by molar-refractivity contribution is -0.139. The second-order valence-electron chi connectivity index (χ2n) is 1.31. The lowest BCUT2D eigenvalue weighted by Gasteiger charge is -2.20. The Kier molecular flexibility index (Phi) is 0.601. The molecular weight excluding hydrogens is 120 g/mol. The smallest absolute Gasteiger partial charge is 0.322 e. The number of hydrogen-bond donors (Lipinski definition) is 3. The second kappa shape index (κ2) is 2.80. The first-order chi connectivity index (χ1) is 6.86. The van der Waals surface area contributed by atoms with Crippen molar-refractivity contribution in [3.8, 4) is 0 Å².